The highest BCUT2D eigenvalue weighted by atomic mass is 16.2. The van der Waals surface area contributed by atoms with Crippen LogP contribution in [0.3, 0.4) is 0 Å². The van der Waals surface area contributed by atoms with Gasteiger partial charge in [-0.1, -0.05) is 6.07 Å². The van der Waals surface area contributed by atoms with Crippen molar-refractivity contribution < 1.29 is 4.79 Å². The van der Waals surface area contributed by atoms with Crippen molar-refractivity contribution >= 4 is 34.1 Å². The molecule has 2 aromatic carbocycles. The zero-order chi connectivity index (χ0) is 20.4. The fraction of sp³-hybridized carbons (Fsp3) is 0.333. The molecule has 1 aliphatic rings. The van der Waals surface area contributed by atoms with E-state index in [2.05, 4.69) is 35.4 Å². The fourth-order valence-electron chi connectivity index (χ4n) is 3.85. The number of urea groups is 1. The summed E-state index contributed by atoms with van der Waals surface area (Å²) in [5, 5.41) is 6.90. The molecule has 0 saturated carbocycles. The number of amides is 2. The molecule has 2 amide bonds. The van der Waals surface area contributed by atoms with Gasteiger partial charge < -0.3 is 15.5 Å². The lowest BCUT2D eigenvalue weighted by Gasteiger charge is -2.28. The second-order valence-electron chi connectivity index (χ2n) is 7.96. The minimum Gasteiger partial charge on any atom is -0.357 e. The van der Waals surface area contributed by atoms with Crippen molar-refractivity contribution in [3.05, 3.63) is 59.2 Å². The molecule has 1 saturated heterocycles. The molecule has 2 heterocycles. The second kappa shape index (κ2) is 8.11. The molecule has 3 aromatic rings. The topological polar surface area (TPSA) is 57.3 Å². The Morgan fingerprint density at radius 2 is 1.52 bits per heavy atom. The highest BCUT2D eigenvalue weighted by Gasteiger charge is 2.14. The smallest absolute Gasteiger partial charge is 0.323 e. The molecule has 0 spiro atoms. The summed E-state index contributed by atoms with van der Waals surface area (Å²) in [7, 11) is 0. The van der Waals surface area contributed by atoms with E-state index in [-0.39, 0.29) is 6.03 Å². The predicted molar refractivity (Wildman–Crippen MR) is 121 cm³/mol. The molecule has 1 fully saturated rings. The average Bonchev–Trinajstić information content (AvgIpc) is 2.71. The molecule has 2 N–H and O–H groups in total. The van der Waals surface area contributed by atoms with Crippen molar-refractivity contribution in [2.45, 2.75) is 40.0 Å². The van der Waals surface area contributed by atoms with Crippen LogP contribution in [0.5, 0.6) is 0 Å². The third-order valence-corrected chi connectivity index (χ3v) is 5.70. The Morgan fingerprint density at radius 1 is 0.828 bits per heavy atom. The van der Waals surface area contributed by atoms with Crippen molar-refractivity contribution in [3.8, 4) is 0 Å². The SMILES string of the molecule is Cc1ccc(NC(=O)Nc2ccc3nc(N4CCCCC4)cc(C)c3c2)cc1C. The maximum absolute atomic E-state index is 12.4. The van der Waals surface area contributed by atoms with E-state index >= 15 is 0 Å². The molecule has 0 aliphatic carbocycles. The van der Waals surface area contributed by atoms with Crippen LogP contribution < -0.4 is 15.5 Å². The molecule has 0 bridgehead atoms. The lowest BCUT2D eigenvalue weighted by Crippen LogP contribution is -2.30. The standard InChI is InChI=1S/C24H28N4O/c1-16-7-8-19(13-17(16)2)25-24(29)26-20-9-10-22-21(15-20)18(3)14-23(27-22)28-11-5-4-6-12-28/h7-10,13-15H,4-6,11-12H2,1-3H3,(H2,25,26,29). The van der Waals surface area contributed by atoms with Crippen LogP contribution in [0.25, 0.3) is 10.9 Å². The molecule has 150 valence electrons. The number of rotatable bonds is 3. The number of hydrogen-bond donors (Lipinski definition) is 2. The minimum atomic E-state index is -0.247. The molecule has 0 unspecified atom stereocenters. The van der Waals surface area contributed by atoms with Crippen molar-refractivity contribution in [2.24, 2.45) is 0 Å². The van der Waals surface area contributed by atoms with Gasteiger partial charge in [-0.25, -0.2) is 9.78 Å². The van der Waals surface area contributed by atoms with Crippen molar-refractivity contribution in [1.82, 2.24) is 4.98 Å². The third-order valence-electron chi connectivity index (χ3n) is 5.70. The molecule has 1 aromatic heterocycles. The molecular weight excluding hydrogens is 360 g/mol. The highest BCUT2D eigenvalue weighted by molar-refractivity contribution is 6.01. The number of aryl methyl sites for hydroxylation is 3. The summed E-state index contributed by atoms with van der Waals surface area (Å²) in [5.74, 6) is 1.06. The van der Waals surface area contributed by atoms with E-state index in [1.165, 1.54) is 30.4 Å². The van der Waals surface area contributed by atoms with E-state index in [0.29, 0.717) is 0 Å². The lowest BCUT2D eigenvalue weighted by molar-refractivity contribution is 0.262. The summed E-state index contributed by atoms with van der Waals surface area (Å²) in [6.07, 6.45) is 3.77. The van der Waals surface area contributed by atoms with E-state index < -0.39 is 0 Å². The van der Waals surface area contributed by atoms with Crippen molar-refractivity contribution in [1.29, 1.82) is 0 Å². The van der Waals surface area contributed by atoms with Crippen LogP contribution in [-0.4, -0.2) is 24.1 Å². The van der Waals surface area contributed by atoms with Crippen LogP contribution in [-0.2, 0) is 0 Å². The molecular formula is C24H28N4O. The Labute approximate surface area is 172 Å². The number of aromatic nitrogens is 1. The largest absolute Gasteiger partial charge is 0.357 e. The van der Waals surface area contributed by atoms with Gasteiger partial charge in [-0.15, -0.1) is 0 Å². The van der Waals surface area contributed by atoms with Gasteiger partial charge >= 0.3 is 6.03 Å². The highest BCUT2D eigenvalue weighted by Crippen LogP contribution is 2.27. The molecule has 5 heteroatoms. The van der Waals surface area contributed by atoms with Crippen LogP contribution in [0.15, 0.2) is 42.5 Å². The molecule has 1 aliphatic heterocycles. The molecule has 29 heavy (non-hydrogen) atoms. The zero-order valence-electron chi connectivity index (χ0n) is 17.4. The average molecular weight is 389 g/mol. The Morgan fingerprint density at radius 3 is 2.24 bits per heavy atom. The van der Waals surface area contributed by atoms with Gasteiger partial charge in [0.05, 0.1) is 5.52 Å². The number of nitrogens with one attached hydrogen (secondary N) is 2. The Hall–Kier alpha value is -3.08. The van der Waals surface area contributed by atoms with E-state index in [1.54, 1.807) is 0 Å². The molecule has 0 atom stereocenters. The fourth-order valence-corrected chi connectivity index (χ4v) is 3.85. The summed E-state index contributed by atoms with van der Waals surface area (Å²) < 4.78 is 0. The van der Waals surface area contributed by atoms with E-state index in [1.807, 2.05) is 43.3 Å². The lowest BCUT2D eigenvalue weighted by atomic mass is 10.1. The van der Waals surface area contributed by atoms with Crippen LogP contribution in [0.1, 0.15) is 36.0 Å². The van der Waals surface area contributed by atoms with Gasteiger partial charge in [-0.2, -0.15) is 0 Å². The van der Waals surface area contributed by atoms with Crippen LogP contribution in [0.4, 0.5) is 22.0 Å². The van der Waals surface area contributed by atoms with Gasteiger partial charge in [0, 0.05) is 29.9 Å². The first-order valence-corrected chi connectivity index (χ1v) is 10.3. The zero-order valence-corrected chi connectivity index (χ0v) is 17.4. The maximum Gasteiger partial charge on any atom is 0.323 e. The number of anilines is 3. The summed E-state index contributed by atoms with van der Waals surface area (Å²) in [5.41, 5.74) is 6.04. The Kier molecular flexibility index (Phi) is 5.38. The van der Waals surface area contributed by atoms with Gasteiger partial charge in [-0.05, 0) is 93.1 Å². The van der Waals surface area contributed by atoms with Gasteiger partial charge in [-0.3, -0.25) is 0 Å². The predicted octanol–water partition coefficient (Wildman–Crippen LogP) is 5.79. The van der Waals surface area contributed by atoms with Gasteiger partial charge in [0.25, 0.3) is 0 Å². The maximum atomic E-state index is 12.4. The van der Waals surface area contributed by atoms with Gasteiger partial charge in [0.1, 0.15) is 5.82 Å². The summed E-state index contributed by atoms with van der Waals surface area (Å²) >= 11 is 0. The number of carbonyl (C=O) groups excluding carboxylic acids is 1. The van der Waals surface area contributed by atoms with E-state index in [4.69, 9.17) is 4.98 Å². The molecule has 5 nitrogen and oxygen atoms in total. The number of pyridine rings is 1. The molecule has 4 rings (SSSR count). The Bertz CT molecular complexity index is 1050. The first-order chi connectivity index (χ1) is 14.0. The van der Waals surface area contributed by atoms with E-state index in [9.17, 15) is 4.79 Å². The summed E-state index contributed by atoms with van der Waals surface area (Å²) in [6.45, 7) is 8.36. The number of fused-ring (bicyclic) bond motifs is 1. The quantitative estimate of drug-likeness (QED) is 0.597. The van der Waals surface area contributed by atoms with Crippen molar-refractivity contribution in [3.63, 3.8) is 0 Å². The van der Waals surface area contributed by atoms with Crippen LogP contribution >= 0.6 is 0 Å². The summed E-state index contributed by atoms with van der Waals surface area (Å²) in [4.78, 5) is 19.7. The number of piperidine rings is 1. The number of nitrogens with zero attached hydrogens (tertiary/aromatic N) is 2. The number of hydrogen-bond acceptors (Lipinski definition) is 3. The van der Waals surface area contributed by atoms with Crippen LogP contribution in [0, 0.1) is 20.8 Å². The molecule has 0 radical (unpaired) electrons. The van der Waals surface area contributed by atoms with Crippen molar-refractivity contribution in [2.75, 3.05) is 28.6 Å². The minimum absolute atomic E-state index is 0.247. The first-order valence-electron chi connectivity index (χ1n) is 10.3. The monoisotopic (exact) mass is 388 g/mol. The Balaban J connectivity index is 1.51. The number of benzene rings is 2. The summed E-state index contributed by atoms with van der Waals surface area (Å²) in [6, 6.07) is 13.7. The number of carbonyl (C=O) groups is 1. The van der Waals surface area contributed by atoms with Gasteiger partial charge in [0.15, 0.2) is 0 Å². The third kappa shape index (κ3) is 4.34. The van der Waals surface area contributed by atoms with Crippen LogP contribution in [0.2, 0.25) is 0 Å². The van der Waals surface area contributed by atoms with E-state index in [0.717, 1.165) is 46.7 Å². The first kappa shape index (κ1) is 19.2. The second-order valence-corrected chi connectivity index (χ2v) is 7.96. The normalized spacial score (nSPS) is 14.1. The van der Waals surface area contributed by atoms with Gasteiger partial charge in [0.2, 0.25) is 0 Å².